The van der Waals surface area contributed by atoms with E-state index in [0.717, 1.165) is 11.5 Å². The Labute approximate surface area is 198 Å². The van der Waals surface area contributed by atoms with Crippen molar-refractivity contribution < 1.29 is 27.2 Å². The first kappa shape index (κ1) is 29.6. The summed E-state index contributed by atoms with van der Waals surface area (Å²) in [5.74, 6) is 1.49. The number of hydrogen-bond donors (Lipinski definition) is 0. The molecule has 0 N–H and O–H groups in total. The van der Waals surface area contributed by atoms with Crippen LogP contribution < -0.4 is 0 Å². The van der Waals surface area contributed by atoms with Crippen molar-refractivity contribution in [3.05, 3.63) is 0 Å². The Balaban J connectivity index is 3.79. The first-order chi connectivity index (χ1) is 13.8. The molecule has 1 heterocycles. The molecule has 12 heteroatoms. The van der Waals surface area contributed by atoms with E-state index in [1.165, 1.54) is 23.5 Å². The topological polar surface area (TPSA) is 71.1 Å². The molecular formula is C18H38O6P2S4. The fourth-order valence-electron chi connectivity index (χ4n) is 2.86. The minimum absolute atomic E-state index is 0.270. The molecule has 0 radical (unpaired) electrons. The van der Waals surface area contributed by atoms with Crippen molar-refractivity contribution in [1.82, 2.24) is 0 Å². The van der Waals surface area contributed by atoms with Crippen molar-refractivity contribution in [3.8, 4) is 0 Å². The third kappa shape index (κ3) is 7.04. The van der Waals surface area contributed by atoms with Crippen molar-refractivity contribution in [3.63, 3.8) is 0 Å². The van der Waals surface area contributed by atoms with Crippen molar-refractivity contribution >= 4 is 64.9 Å². The average molecular weight is 541 g/mol. The highest BCUT2D eigenvalue weighted by atomic mass is 32.3. The lowest BCUT2D eigenvalue weighted by molar-refractivity contribution is 0.143. The fraction of sp³-hybridized carbons (Fsp3) is 0.944. The van der Waals surface area contributed by atoms with Gasteiger partial charge in [-0.15, -0.1) is 45.8 Å². The summed E-state index contributed by atoms with van der Waals surface area (Å²) in [6.45, 7) is 14.8. The average Bonchev–Trinajstić information content (AvgIpc) is 2.97. The van der Waals surface area contributed by atoms with Crippen LogP contribution in [0.4, 0.5) is 0 Å². The molecule has 0 saturated carbocycles. The van der Waals surface area contributed by atoms with Crippen LogP contribution in [0.5, 0.6) is 0 Å². The Hall–Kier alpha value is 1.57. The quantitative estimate of drug-likeness (QED) is 0.195. The Bertz CT molecular complexity index is 670. The van der Waals surface area contributed by atoms with Gasteiger partial charge in [0.25, 0.3) is 0 Å². The van der Waals surface area contributed by atoms with Crippen LogP contribution in [0.2, 0.25) is 0 Å². The zero-order valence-electron chi connectivity index (χ0n) is 19.7. The molecule has 0 aromatic carbocycles. The summed E-state index contributed by atoms with van der Waals surface area (Å²) in [4.78, 5) is 0. The predicted molar refractivity (Wildman–Crippen MR) is 140 cm³/mol. The van der Waals surface area contributed by atoms with Gasteiger partial charge in [0.2, 0.25) is 3.15 Å². The zero-order chi connectivity index (χ0) is 23.3. The largest absolute Gasteiger partial charge is 0.373 e. The highest BCUT2D eigenvalue weighted by Crippen LogP contribution is 2.81. The SMILES string of the molecule is CS/C(=S1\CCSC1(SC)P(=O)(OC(C)C)OC(C)C)P(=O)(OC(C)C)OC(C)C. The molecule has 0 bridgehead atoms. The molecule has 30 heavy (non-hydrogen) atoms. The molecule has 0 aliphatic carbocycles. The molecule has 6 nitrogen and oxygen atoms in total. The Morgan fingerprint density at radius 3 is 1.63 bits per heavy atom. The molecule has 0 aromatic heterocycles. The summed E-state index contributed by atoms with van der Waals surface area (Å²) < 4.78 is 52.0. The minimum Gasteiger partial charge on any atom is -0.304 e. The van der Waals surface area contributed by atoms with Gasteiger partial charge in [-0.2, -0.15) is 0 Å². The molecule has 1 saturated heterocycles. The molecule has 1 fully saturated rings. The first-order valence-electron chi connectivity index (χ1n) is 10.0. The second-order valence-electron chi connectivity index (χ2n) is 7.75. The van der Waals surface area contributed by atoms with Gasteiger partial charge in [0.15, 0.2) is 0 Å². The maximum atomic E-state index is 14.3. The second-order valence-corrected chi connectivity index (χ2v) is 19.6. The molecule has 1 aliphatic heterocycles. The highest BCUT2D eigenvalue weighted by molar-refractivity contribution is 8.55. The molecule has 0 aromatic rings. The number of hydrogen-bond acceptors (Lipinski definition) is 9. The summed E-state index contributed by atoms with van der Waals surface area (Å²) in [6.07, 6.45) is 2.72. The minimum atomic E-state index is -3.60. The summed E-state index contributed by atoms with van der Waals surface area (Å²) in [5, 5.41) is 0. The van der Waals surface area contributed by atoms with Gasteiger partial charge in [-0.3, -0.25) is 9.13 Å². The van der Waals surface area contributed by atoms with E-state index in [0.29, 0.717) is 3.94 Å². The van der Waals surface area contributed by atoms with Crippen LogP contribution in [-0.2, 0) is 27.2 Å². The van der Waals surface area contributed by atoms with E-state index in [-0.39, 0.29) is 24.4 Å². The van der Waals surface area contributed by atoms with Crippen LogP contribution in [0.3, 0.4) is 0 Å². The molecule has 2 atom stereocenters. The Morgan fingerprint density at radius 1 is 0.867 bits per heavy atom. The van der Waals surface area contributed by atoms with E-state index < -0.39 is 28.8 Å². The standard InChI is InChI=1S/C18H38O6P2S4/c1-13(2)21-25(19,22-14(3)4)17(27-9)30-12-11-29-18(30,28-10)26(20,23-15(5)6)24-16(7)8/h13-16H,11-12H2,1-10H3. The highest BCUT2D eigenvalue weighted by Gasteiger charge is 2.59. The summed E-state index contributed by atoms with van der Waals surface area (Å²) in [7, 11) is -7.88. The third-order valence-electron chi connectivity index (χ3n) is 3.48. The Kier molecular flexibility index (Phi) is 12.2. The van der Waals surface area contributed by atoms with Gasteiger partial charge in [-0.25, -0.2) is 0 Å². The van der Waals surface area contributed by atoms with E-state index in [1.54, 1.807) is 11.8 Å². The molecular weight excluding hydrogens is 502 g/mol. The molecule has 0 amide bonds. The van der Waals surface area contributed by atoms with Gasteiger partial charge in [0.1, 0.15) is 3.94 Å². The van der Waals surface area contributed by atoms with Gasteiger partial charge in [-0.05, 0) is 67.9 Å². The molecule has 180 valence electrons. The maximum absolute atomic E-state index is 14.3. The van der Waals surface area contributed by atoms with Gasteiger partial charge in [0.05, 0.1) is 24.4 Å². The van der Waals surface area contributed by atoms with Crippen LogP contribution in [0, 0.1) is 0 Å². The summed E-state index contributed by atoms with van der Waals surface area (Å²) in [6, 6.07) is 0. The lowest BCUT2D eigenvalue weighted by Gasteiger charge is -2.38. The van der Waals surface area contributed by atoms with Crippen LogP contribution >= 0.6 is 61.0 Å². The lowest BCUT2D eigenvalue weighted by Crippen LogP contribution is -2.24. The van der Waals surface area contributed by atoms with Gasteiger partial charge < -0.3 is 18.1 Å². The van der Waals surface area contributed by atoms with Crippen LogP contribution in [0.25, 0.3) is 0 Å². The van der Waals surface area contributed by atoms with Crippen LogP contribution in [0.1, 0.15) is 55.4 Å². The molecule has 0 spiro atoms. The third-order valence-corrected chi connectivity index (χ3v) is 21.1. The van der Waals surface area contributed by atoms with Crippen molar-refractivity contribution in [2.75, 3.05) is 24.0 Å². The number of thioether (sulfide) groups is 3. The van der Waals surface area contributed by atoms with Crippen LogP contribution in [-0.4, -0.2) is 55.5 Å². The van der Waals surface area contributed by atoms with Crippen molar-refractivity contribution in [1.29, 1.82) is 0 Å². The van der Waals surface area contributed by atoms with Gasteiger partial charge >= 0.3 is 15.2 Å². The fourth-order valence-corrected chi connectivity index (χ4v) is 20.8. The summed E-state index contributed by atoms with van der Waals surface area (Å²) >= 11 is 4.44. The molecule has 1 rings (SSSR count). The first-order valence-corrected chi connectivity index (χ1v) is 17.9. The van der Waals surface area contributed by atoms with Gasteiger partial charge in [-0.1, -0.05) is 0 Å². The maximum Gasteiger partial charge on any atom is 0.373 e. The summed E-state index contributed by atoms with van der Waals surface area (Å²) in [5.41, 5.74) is 0. The van der Waals surface area contributed by atoms with Crippen LogP contribution in [0.15, 0.2) is 0 Å². The zero-order valence-corrected chi connectivity index (χ0v) is 24.8. The number of rotatable bonds is 11. The van der Waals surface area contributed by atoms with Gasteiger partial charge in [0, 0.05) is 11.5 Å². The second kappa shape index (κ2) is 12.3. The normalized spacial score (nSPS) is 23.9. The molecule has 2 unspecified atom stereocenters. The van der Waals surface area contributed by atoms with Crippen molar-refractivity contribution in [2.24, 2.45) is 0 Å². The molecule has 1 aliphatic rings. The Morgan fingerprint density at radius 2 is 1.30 bits per heavy atom. The smallest absolute Gasteiger partial charge is 0.304 e. The lowest BCUT2D eigenvalue weighted by atomic mass is 10.5. The van der Waals surface area contributed by atoms with Crippen molar-refractivity contribution in [2.45, 2.75) is 83.0 Å². The van der Waals surface area contributed by atoms with E-state index >= 15 is 0 Å². The van der Waals surface area contributed by atoms with E-state index in [9.17, 15) is 9.13 Å². The van der Waals surface area contributed by atoms with E-state index in [2.05, 4.69) is 0 Å². The van der Waals surface area contributed by atoms with E-state index in [1.807, 2.05) is 67.9 Å². The van der Waals surface area contributed by atoms with E-state index in [4.69, 9.17) is 18.1 Å². The monoisotopic (exact) mass is 540 g/mol. The predicted octanol–water partition coefficient (Wildman–Crippen LogP) is 7.51.